The van der Waals surface area contributed by atoms with Gasteiger partial charge in [-0.1, -0.05) is 18.2 Å². The van der Waals surface area contributed by atoms with Gasteiger partial charge in [-0.15, -0.1) is 0 Å². The van der Waals surface area contributed by atoms with Crippen LogP contribution in [0.25, 0.3) is 110 Å². The average Bonchev–Trinajstić information content (AvgIpc) is 1.41. The van der Waals surface area contributed by atoms with E-state index in [4.69, 9.17) is 18.9 Å². The van der Waals surface area contributed by atoms with Gasteiger partial charge in [0.05, 0.1) is 92.2 Å². The molecule has 8 aromatic heterocycles. The van der Waals surface area contributed by atoms with Crippen LogP contribution in [0.5, 0.6) is 0 Å². The predicted octanol–water partition coefficient (Wildman–Crippen LogP) is 22.6. The zero-order valence-electron chi connectivity index (χ0n) is 76.6. The summed E-state index contributed by atoms with van der Waals surface area (Å²) < 4.78 is 74.7. The fraction of sp³-hybridized carbons (Fsp3) is 0.413. The molecule has 2 atom stereocenters. The van der Waals surface area contributed by atoms with Crippen molar-refractivity contribution in [3.05, 3.63) is 237 Å². The van der Waals surface area contributed by atoms with E-state index in [9.17, 15) is 52.8 Å². The topological polar surface area (TPSA) is 321 Å². The molecule has 8 N–H and O–H groups in total. The second kappa shape index (κ2) is 34.5. The molecule has 26 rings (SSSR count). The van der Waals surface area contributed by atoms with Gasteiger partial charge in [-0.05, 0) is 339 Å². The summed E-state index contributed by atoms with van der Waals surface area (Å²) >= 11 is 0. The Morgan fingerprint density at radius 3 is 1.40 bits per heavy atom. The number of nitrogens with zero attached hydrogens (tertiary/aromatic N) is 8. The number of carboxylic acids is 4. The number of rotatable bonds is 18. The van der Waals surface area contributed by atoms with Crippen LogP contribution in [-0.4, -0.2) is 155 Å². The third-order valence-corrected chi connectivity index (χ3v) is 32.6. The molecule has 16 aromatic rings. The monoisotopic (exact) mass is 1840 g/mol. The van der Waals surface area contributed by atoms with E-state index in [2.05, 4.69) is 138 Å². The summed E-state index contributed by atoms with van der Waals surface area (Å²) in [5.41, 5.74) is 24.5. The number of aliphatic carboxylic acids is 4. The highest BCUT2D eigenvalue weighted by Gasteiger charge is 2.58. The number of halogens is 3. The van der Waals surface area contributed by atoms with Crippen molar-refractivity contribution in [1.29, 1.82) is 0 Å². The first-order valence-corrected chi connectivity index (χ1v) is 48.7. The lowest BCUT2D eigenvalue weighted by molar-refractivity contribution is -0.156. The van der Waals surface area contributed by atoms with Crippen molar-refractivity contribution < 1.29 is 71.7 Å². The van der Waals surface area contributed by atoms with E-state index in [-0.39, 0.29) is 58.4 Å². The summed E-state index contributed by atoms with van der Waals surface area (Å²) in [6.07, 6.45) is 26.0. The molecule has 27 heteroatoms. The molecule has 24 nitrogen and oxygen atoms in total. The fourth-order valence-electron chi connectivity index (χ4n) is 25.8. The molecule has 10 fully saturated rings. The van der Waals surface area contributed by atoms with Crippen LogP contribution in [0.15, 0.2) is 158 Å². The van der Waals surface area contributed by atoms with E-state index in [1.54, 1.807) is 37.4 Å². The maximum absolute atomic E-state index is 14.1. The number of carboxylic acid groups (broad SMARTS) is 4. The Hall–Kier alpha value is -12.7. The molecule has 0 amide bonds. The highest BCUT2D eigenvalue weighted by Crippen LogP contribution is 2.68. The number of hydrogen-bond donors (Lipinski definition) is 8. The number of benzene rings is 8. The zero-order chi connectivity index (χ0) is 92.9. The van der Waals surface area contributed by atoms with Crippen molar-refractivity contribution in [2.24, 2.45) is 28.1 Å². The van der Waals surface area contributed by atoms with E-state index >= 15 is 0 Å². The highest BCUT2D eigenvalue weighted by molar-refractivity contribution is 6.03. The van der Waals surface area contributed by atoms with Gasteiger partial charge < -0.3 is 57.6 Å². The Bertz CT molecular complexity index is 7380. The summed E-state index contributed by atoms with van der Waals surface area (Å²) in [4.78, 5) is 46.6. The van der Waals surface area contributed by atoms with Crippen LogP contribution in [-0.2, 0) is 51.0 Å². The molecule has 2 spiro atoms. The van der Waals surface area contributed by atoms with E-state index in [0.29, 0.717) is 93.6 Å². The number of nitrogens with one attached hydrogen (secondary N) is 4. The molecular formula is C109H111F3N12O12. The lowest BCUT2D eigenvalue weighted by Crippen LogP contribution is -2.49. The van der Waals surface area contributed by atoms with Gasteiger partial charge in [0.1, 0.15) is 17.5 Å². The second-order valence-corrected chi connectivity index (χ2v) is 41.1. The molecule has 700 valence electrons. The number of aromatic amines is 4. The van der Waals surface area contributed by atoms with E-state index in [0.717, 1.165) is 251 Å². The average molecular weight is 1840 g/mol. The number of fused-ring (bicyclic) bond motifs is 10. The number of hydrogen-bond acceptors (Lipinski definition) is 12. The van der Waals surface area contributed by atoms with Crippen LogP contribution in [0.3, 0.4) is 0 Å². The van der Waals surface area contributed by atoms with Gasteiger partial charge in [-0.3, -0.25) is 39.6 Å². The van der Waals surface area contributed by atoms with Crippen LogP contribution < -0.4 is 0 Å². The number of ether oxygens (including phenoxy) is 4. The van der Waals surface area contributed by atoms with Crippen molar-refractivity contribution in [3.8, 4) is 22.7 Å². The number of H-pyrrole nitrogens is 4. The van der Waals surface area contributed by atoms with Crippen molar-refractivity contribution in [2.75, 3.05) is 39.6 Å². The summed E-state index contributed by atoms with van der Waals surface area (Å²) in [5, 5.41) is 76.7. The third kappa shape index (κ3) is 15.5. The van der Waals surface area contributed by atoms with E-state index in [1.165, 1.54) is 56.6 Å². The SMILES string of the molecule is Cc1cc(-n2c(C3CCOCC3)c(CCC(=O)O)c3cc4n[nH]c(C)c4cc32)ccc1F.Cc1cc(F)ccc1-n1c(C2CCOCC2)c(CC2(C(=O)O)CC2)c2cc3[nH]ncc3cc21.O=C(O)C1CC2(C1)CC(c1c(C3CC4CCC(C3)O4)n(-c3ccc(F)cc3)c3cc4cn[nH]c4cc13)C2.O=C(O)C1CC2(C1)CC(c1c(C3CCOCC3)n(-c3ccccc3)c3cc4cn[nH]c4cc13)C2. The van der Waals surface area contributed by atoms with Crippen LogP contribution in [0.1, 0.15) is 232 Å². The summed E-state index contributed by atoms with van der Waals surface area (Å²) in [6, 6.07) is 45.1. The molecule has 10 aliphatic rings. The Balaban J connectivity index is 0.000000102. The van der Waals surface area contributed by atoms with Gasteiger partial charge in [0.25, 0.3) is 0 Å². The van der Waals surface area contributed by atoms with Crippen LogP contribution in [0, 0.1) is 66.3 Å². The Morgan fingerprint density at radius 2 is 0.897 bits per heavy atom. The van der Waals surface area contributed by atoms with Gasteiger partial charge in [0, 0.05) is 164 Å². The zero-order valence-corrected chi connectivity index (χ0v) is 76.6. The normalized spacial score (nSPS) is 23.6. The lowest BCUT2D eigenvalue weighted by atomic mass is 9.47. The highest BCUT2D eigenvalue weighted by atomic mass is 19.1. The number of aromatic nitrogens is 12. The van der Waals surface area contributed by atoms with Crippen molar-refractivity contribution in [2.45, 2.75) is 216 Å². The molecule has 2 unspecified atom stereocenters. The minimum atomic E-state index is -0.821. The quantitative estimate of drug-likeness (QED) is 0.0396. The third-order valence-electron chi connectivity index (χ3n) is 32.6. The first kappa shape index (κ1) is 87.4. The van der Waals surface area contributed by atoms with Crippen LogP contribution >= 0.6 is 0 Å². The summed E-state index contributed by atoms with van der Waals surface area (Å²) in [5.74, 6) is -1.70. The van der Waals surface area contributed by atoms with Crippen molar-refractivity contribution in [3.63, 3.8) is 0 Å². The second-order valence-electron chi connectivity index (χ2n) is 41.1. The Morgan fingerprint density at radius 1 is 0.434 bits per heavy atom. The van der Waals surface area contributed by atoms with Gasteiger partial charge in [0.2, 0.25) is 0 Å². The molecular weight excluding hydrogens is 1730 g/mol. The first-order valence-electron chi connectivity index (χ1n) is 48.7. The van der Waals surface area contributed by atoms with E-state index in [1.807, 2.05) is 50.5 Å². The predicted molar refractivity (Wildman–Crippen MR) is 513 cm³/mol. The van der Waals surface area contributed by atoms with Gasteiger partial charge in [-0.25, -0.2) is 13.2 Å². The molecule has 5 aliphatic carbocycles. The minimum Gasteiger partial charge on any atom is -0.481 e. The standard InChI is InChI=1S/C30H30FN3O3.C28H29N3O3.C26H26FN3O3.C25H26FN3O3/c31-20-1-3-21(4-2-20)34-26-9-17-15-32-33-25(17)10-24(26)27(18-11-30(12-18)13-19(14-30)29(35)36)28(34)16-7-22-5-6-23(8-16)37-22;32-27(33)20-14-28(15-20)12-19(13-28)25-22-11-23-18(16-29-30-23)10-24(22)31(21-4-2-1-3-5-21)26(25)17-6-8-34-9-7-17;1-15-10-18(27)2-3-22(15)30-23-11-17-14-28-29-21(17)12-19(23)20(13-26(6-7-26)25(31)32)24(30)16-4-8-33-9-5-16;1-14-11-17(3-5-21(14)26)29-23-13-19-15(2)27-28-22(19)12-20(23)18(4-6-24(30)31)25(29)16-7-9-32-10-8-16/h1-4,9-10,15-16,18-19,22-23H,5-8,11-14H2,(H,32,33)(H,35,36);1-5,10-11,16-17,19-20H,6-9,12-15H2,(H,29,30)(H,32,33);2-3,10-12,14,16H,4-9,13H2,1H3,(H,28,29)(H,31,32);3,5,11-13,16H,4,6-10H2,1-2H3,(H,27,28)(H,30,31). The molecule has 136 heavy (non-hydrogen) atoms. The first-order chi connectivity index (χ1) is 66.0. The van der Waals surface area contributed by atoms with Crippen molar-refractivity contribution in [1.82, 2.24) is 59.1 Å². The maximum atomic E-state index is 14.1. The fourth-order valence-corrected chi connectivity index (χ4v) is 25.8. The lowest BCUT2D eigenvalue weighted by Gasteiger charge is -2.57. The van der Waals surface area contributed by atoms with Gasteiger partial charge >= 0.3 is 23.9 Å². The number of para-hydroxylation sites is 1. The van der Waals surface area contributed by atoms with Gasteiger partial charge in [0.15, 0.2) is 0 Å². The molecule has 2 bridgehead atoms. The minimum absolute atomic E-state index is 0.0510. The van der Waals surface area contributed by atoms with Crippen LogP contribution in [0.2, 0.25) is 0 Å². The van der Waals surface area contributed by atoms with Gasteiger partial charge in [-0.2, -0.15) is 20.4 Å². The summed E-state index contributed by atoms with van der Waals surface area (Å²) in [6.45, 7) is 10.0. The molecule has 5 saturated carbocycles. The molecule has 8 aromatic carbocycles. The largest absolute Gasteiger partial charge is 0.481 e. The Labute approximate surface area is 781 Å². The molecule has 13 heterocycles. The smallest absolute Gasteiger partial charge is 0.309 e. The number of carbonyl (C=O) groups is 4. The maximum Gasteiger partial charge on any atom is 0.309 e. The Kier molecular flexibility index (Phi) is 22.2. The van der Waals surface area contributed by atoms with Crippen molar-refractivity contribution >= 4 is 111 Å². The molecule has 5 saturated heterocycles. The van der Waals surface area contributed by atoms with Crippen LogP contribution in [0.4, 0.5) is 13.2 Å². The molecule has 0 radical (unpaired) electrons. The molecule has 5 aliphatic heterocycles. The number of aryl methyl sites for hydroxylation is 4. The van der Waals surface area contributed by atoms with E-state index < -0.39 is 29.3 Å². The summed E-state index contributed by atoms with van der Waals surface area (Å²) in [7, 11) is 0.